The van der Waals surface area contributed by atoms with Gasteiger partial charge in [0.1, 0.15) is 5.82 Å². The van der Waals surface area contributed by atoms with Gasteiger partial charge in [0, 0.05) is 24.7 Å². The Morgan fingerprint density at radius 1 is 1.40 bits per heavy atom. The van der Waals surface area contributed by atoms with E-state index in [9.17, 15) is 5.11 Å². The molecule has 1 atom stereocenters. The van der Waals surface area contributed by atoms with E-state index in [-0.39, 0.29) is 6.10 Å². The largest absolute Gasteiger partial charge is 0.490 e. The average molecular weight is 208 g/mol. The Morgan fingerprint density at radius 3 is 2.67 bits per heavy atom. The maximum atomic E-state index is 9.35. The average Bonchev–Trinajstić information content (AvgIpc) is 2.65. The van der Waals surface area contributed by atoms with E-state index in [0.29, 0.717) is 12.0 Å². The van der Waals surface area contributed by atoms with Crippen molar-refractivity contribution in [3.63, 3.8) is 0 Å². The van der Waals surface area contributed by atoms with E-state index >= 15 is 0 Å². The molecule has 6 heteroatoms. The number of anilines is 1. The van der Waals surface area contributed by atoms with Crippen molar-refractivity contribution in [2.75, 3.05) is 18.0 Å². The fourth-order valence-electron chi connectivity index (χ4n) is 1.69. The van der Waals surface area contributed by atoms with Crippen LogP contribution in [0.5, 0.6) is 0 Å². The van der Waals surface area contributed by atoms with Crippen LogP contribution in [0.15, 0.2) is 18.3 Å². The van der Waals surface area contributed by atoms with Crippen LogP contribution in [0.3, 0.4) is 0 Å². The van der Waals surface area contributed by atoms with Crippen LogP contribution in [0.25, 0.3) is 0 Å². The molecule has 2 rings (SSSR count). The van der Waals surface area contributed by atoms with E-state index in [0.717, 1.165) is 18.8 Å². The summed E-state index contributed by atoms with van der Waals surface area (Å²) >= 11 is 0. The summed E-state index contributed by atoms with van der Waals surface area (Å²) in [4.78, 5) is 6.08. The molecule has 0 unspecified atom stereocenters. The van der Waals surface area contributed by atoms with Gasteiger partial charge in [0.25, 0.3) is 0 Å². The summed E-state index contributed by atoms with van der Waals surface area (Å²) in [6.45, 7) is 1.38. The van der Waals surface area contributed by atoms with Gasteiger partial charge >= 0.3 is 7.12 Å². The first-order chi connectivity index (χ1) is 7.16. The smallest absolute Gasteiger partial charge is 0.423 e. The summed E-state index contributed by atoms with van der Waals surface area (Å²) < 4.78 is 0. The third-order valence-corrected chi connectivity index (χ3v) is 2.56. The normalized spacial score (nSPS) is 20.7. The molecule has 0 amide bonds. The Hall–Kier alpha value is -1.11. The molecular formula is C9H13BN2O3. The second-order valence-electron chi connectivity index (χ2n) is 3.71. The molecule has 1 aromatic rings. The number of rotatable bonds is 2. The zero-order valence-corrected chi connectivity index (χ0v) is 8.24. The SMILES string of the molecule is OB(O)c1ccc(N2CC[C@H](O)C2)nc1. The molecule has 1 aromatic heterocycles. The number of aliphatic hydroxyl groups is 1. The lowest BCUT2D eigenvalue weighted by atomic mass is 9.82. The number of β-amino-alcohol motifs (C(OH)–C–C–N with tert-alkyl or cyclic N) is 1. The number of nitrogens with zero attached hydrogens (tertiary/aromatic N) is 2. The maximum Gasteiger partial charge on any atom is 0.490 e. The lowest BCUT2D eigenvalue weighted by Gasteiger charge is -2.16. The van der Waals surface area contributed by atoms with Gasteiger partial charge in [0.15, 0.2) is 0 Å². The van der Waals surface area contributed by atoms with Gasteiger partial charge in [-0.15, -0.1) is 0 Å². The Bertz CT molecular complexity index is 331. The zero-order chi connectivity index (χ0) is 10.8. The van der Waals surface area contributed by atoms with Crippen LogP contribution < -0.4 is 10.4 Å². The molecule has 0 aliphatic carbocycles. The predicted molar refractivity (Wildman–Crippen MR) is 56.9 cm³/mol. The third kappa shape index (κ3) is 2.28. The molecule has 0 saturated carbocycles. The van der Waals surface area contributed by atoms with E-state index in [1.165, 1.54) is 6.20 Å². The van der Waals surface area contributed by atoms with Crippen LogP contribution in [-0.2, 0) is 0 Å². The minimum atomic E-state index is -1.48. The highest BCUT2D eigenvalue weighted by Crippen LogP contribution is 2.16. The van der Waals surface area contributed by atoms with Gasteiger partial charge in [0.05, 0.1) is 6.10 Å². The predicted octanol–water partition coefficient (Wildman–Crippen LogP) is -1.67. The first kappa shape index (κ1) is 10.4. The van der Waals surface area contributed by atoms with Crippen LogP contribution in [0.4, 0.5) is 5.82 Å². The third-order valence-electron chi connectivity index (χ3n) is 2.56. The van der Waals surface area contributed by atoms with Crippen LogP contribution in [0.2, 0.25) is 0 Å². The summed E-state index contributed by atoms with van der Waals surface area (Å²) in [6, 6.07) is 3.35. The zero-order valence-electron chi connectivity index (χ0n) is 8.24. The highest BCUT2D eigenvalue weighted by Gasteiger charge is 2.21. The molecule has 15 heavy (non-hydrogen) atoms. The van der Waals surface area contributed by atoms with Gasteiger partial charge in [-0.05, 0) is 12.5 Å². The van der Waals surface area contributed by atoms with Crippen LogP contribution in [-0.4, -0.2) is 46.5 Å². The van der Waals surface area contributed by atoms with E-state index in [2.05, 4.69) is 4.98 Å². The minimum absolute atomic E-state index is 0.282. The van der Waals surface area contributed by atoms with Crippen LogP contribution in [0, 0.1) is 0 Å². The fraction of sp³-hybridized carbons (Fsp3) is 0.444. The molecule has 0 spiro atoms. The van der Waals surface area contributed by atoms with Gasteiger partial charge in [-0.2, -0.15) is 0 Å². The number of hydrogen-bond acceptors (Lipinski definition) is 5. The first-order valence-corrected chi connectivity index (χ1v) is 4.92. The molecule has 1 aliphatic rings. The highest BCUT2D eigenvalue weighted by molar-refractivity contribution is 6.58. The molecule has 2 heterocycles. The summed E-state index contributed by atoms with van der Waals surface area (Å²) in [5.74, 6) is 0.760. The fourth-order valence-corrected chi connectivity index (χ4v) is 1.69. The number of aromatic nitrogens is 1. The molecule has 3 N–H and O–H groups in total. The molecule has 80 valence electrons. The molecule has 5 nitrogen and oxygen atoms in total. The van der Waals surface area contributed by atoms with Crippen LogP contribution >= 0.6 is 0 Å². The maximum absolute atomic E-state index is 9.35. The first-order valence-electron chi connectivity index (χ1n) is 4.92. The van der Waals surface area contributed by atoms with Gasteiger partial charge in [0.2, 0.25) is 0 Å². The van der Waals surface area contributed by atoms with Crippen molar-refractivity contribution in [2.24, 2.45) is 0 Å². The van der Waals surface area contributed by atoms with Crippen molar-refractivity contribution in [3.8, 4) is 0 Å². The van der Waals surface area contributed by atoms with E-state index in [4.69, 9.17) is 10.0 Å². The van der Waals surface area contributed by atoms with E-state index in [1.807, 2.05) is 4.90 Å². The summed E-state index contributed by atoms with van der Waals surface area (Å²) in [7, 11) is -1.48. The molecule has 1 aliphatic heterocycles. The topological polar surface area (TPSA) is 76.8 Å². The van der Waals surface area contributed by atoms with E-state index < -0.39 is 7.12 Å². The number of aliphatic hydroxyl groups excluding tert-OH is 1. The number of pyridine rings is 1. The monoisotopic (exact) mass is 208 g/mol. The van der Waals surface area contributed by atoms with E-state index in [1.54, 1.807) is 12.1 Å². The van der Waals surface area contributed by atoms with Gasteiger partial charge in [-0.3, -0.25) is 0 Å². The lowest BCUT2D eigenvalue weighted by molar-refractivity contribution is 0.198. The van der Waals surface area contributed by atoms with Gasteiger partial charge < -0.3 is 20.1 Å². The Kier molecular flexibility index (Phi) is 2.90. The standard InChI is InChI=1S/C9H13BN2O3/c13-8-3-4-12(6-8)9-2-1-7(5-11-9)10(14)15/h1-2,5,8,13-15H,3-4,6H2/t8-/m0/s1. The van der Waals surface area contributed by atoms with Gasteiger partial charge in [-0.1, -0.05) is 6.07 Å². The molecule has 1 saturated heterocycles. The minimum Gasteiger partial charge on any atom is -0.423 e. The van der Waals surface area contributed by atoms with Gasteiger partial charge in [-0.25, -0.2) is 4.98 Å². The lowest BCUT2D eigenvalue weighted by Crippen LogP contribution is -2.31. The number of hydrogen-bond donors (Lipinski definition) is 3. The van der Waals surface area contributed by atoms with Crippen molar-refractivity contribution in [3.05, 3.63) is 18.3 Å². The molecule has 1 fully saturated rings. The van der Waals surface area contributed by atoms with Crippen molar-refractivity contribution >= 4 is 18.4 Å². The molecule has 0 aromatic carbocycles. The van der Waals surface area contributed by atoms with Crippen molar-refractivity contribution < 1.29 is 15.2 Å². The molecule has 0 bridgehead atoms. The van der Waals surface area contributed by atoms with Crippen molar-refractivity contribution in [1.82, 2.24) is 4.98 Å². The van der Waals surface area contributed by atoms with Crippen molar-refractivity contribution in [2.45, 2.75) is 12.5 Å². The molecule has 0 radical (unpaired) electrons. The second-order valence-corrected chi connectivity index (χ2v) is 3.71. The summed E-state index contributed by atoms with van der Waals surface area (Å²) in [5, 5.41) is 27.1. The Balaban J connectivity index is 2.10. The van der Waals surface area contributed by atoms with Crippen molar-refractivity contribution in [1.29, 1.82) is 0 Å². The quantitative estimate of drug-likeness (QED) is 0.506. The second kappa shape index (κ2) is 4.18. The molecular weight excluding hydrogens is 195 g/mol. The Labute approximate surface area is 88.1 Å². The Morgan fingerprint density at radius 2 is 2.20 bits per heavy atom. The highest BCUT2D eigenvalue weighted by atomic mass is 16.4. The van der Waals surface area contributed by atoms with Crippen LogP contribution in [0.1, 0.15) is 6.42 Å². The summed E-state index contributed by atoms with van der Waals surface area (Å²) in [6.07, 6.45) is 1.91. The summed E-state index contributed by atoms with van der Waals surface area (Å²) in [5.41, 5.74) is 0.374.